The molecular formula is C21H25FN6O. The third-order valence-corrected chi connectivity index (χ3v) is 5.69. The fourth-order valence-corrected chi connectivity index (χ4v) is 3.78. The van der Waals surface area contributed by atoms with Crippen molar-refractivity contribution >= 4 is 28.4 Å². The van der Waals surface area contributed by atoms with Gasteiger partial charge < -0.3 is 20.1 Å². The number of aryl methyl sites for hydroxylation is 2. The molecule has 1 saturated heterocycles. The van der Waals surface area contributed by atoms with Crippen molar-refractivity contribution in [3.05, 3.63) is 47.2 Å². The van der Waals surface area contributed by atoms with Gasteiger partial charge >= 0.3 is 0 Å². The van der Waals surface area contributed by atoms with E-state index in [0.717, 1.165) is 49.4 Å². The molecule has 0 saturated carbocycles. The monoisotopic (exact) mass is 396 g/mol. The lowest BCUT2D eigenvalue weighted by Crippen LogP contribution is -2.46. The Morgan fingerprint density at radius 2 is 1.97 bits per heavy atom. The maximum absolute atomic E-state index is 14.8. The quantitative estimate of drug-likeness (QED) is 0.709. The Morgan fingerprint density at radius 3 is 2.66 bits per heavy atom. The molecule has 3 heterocycles. The number of hydrogen-bond acceptors (Lipinski definition) is 5. The van der Waals surface area contributed by atoms with Gasteiger partial charge in [-0.2, -0.15) is 0 Å². The molecule has 8 heteroatoms. The molecular weight excluding hydrogens is 371 g/mol. The number of piperazine rings is 1. The van der Waals surface area contributed by atoms with E-state index in [0.29, 0.717) is 17.2 Å². The van der Waals surface area contributed by atoms with E-state index < -0.39 is 5.91 Å². The summed E-state index contributed by atoms with van der Waals surface area (Å²) in [6, 6.07) is 4.64. The summed E-state index contributed by atoms with van der Waals surface area (Å²) in [5.74, 6) is -0.365. The number of benzene rings is 1. The summed E-state index contributed by atoms with van der Waals surface area (Å²) in [7, 11) is 0. The molecule has 0 bridgehead atoms. The van der Waals surface area contributed by atoms with Crippen LogP contribution >= 0.6 is 0 Å². The highest BCUT2D eigenvalue weighted by Crippen LogP contribution is 2.26. The normalized spacial score (nSPS) is 15.1. The summed E-state index contributed by atoms with van der Waals surface area (Å²) in [6.07, 6.45) is 1.40. The molecule has 1 aliphatic rings. The Hall–Kier alpha value is -3.00. The van der Waals surface area contributed by atoms with E-state index in [-0.39, 0.29) is 11.4 Å². The highest BCUT2D eigenvalue weighted by Gasteiger charge is 2.20. The molecule has 0 unspecified atom stereocenters. The number of carbonyl (C=O) groups is 1. The number of fused-ring (bicyclic) bond motifs is 1. The van der Waals surface area contributed by atoms with Crippen LogP contribution < -0.4 is 10.2 Å². The number of carbonyl (C=O) groups excluding carboxylic acids is 1. The lowest BCUT2D eigenvalue weighted by atomic mass is 10.1. The van der Waals surface area contributed by atoms with Crippen molar-refractivity contribution < 1.29 is 9.18 Å². The number of nitrogens with one attached hydrogen (secondary N) is 2. The largest absolute Gasteiger partial charge is 0.367 e. The summed E-state index contributed by atoms with van der Waals surface area (Å²) in [5, 5.41) is 3.57. The number of aromatic amines is 1. The lowest BCUT2D eigenvalue weighted by molar-refractivity contribution is 0.102. The van der Waals surface area contributed by atoms with E-state index in [4.69, 9.17) is 0 Å². The molecule has 2 N–H and O–H groups in total. The highest BCUT2D eigenvalue weighted by molar-refractivity contribution is 6.08. The fourth-order valence-electron chi connectivity index (χ4n) is 3.78. The standard InChI is InChI=1S/C21H25FN6O/c1-4-27-7-9-28(10-8-27)17-6-5-15(11-16(17)22)21(29)26-20-18-13(2)14(3)25-19(18)23-12-24-20/h5-6,11-12H,4,7-10H2,1-3H3,(H2,23,24,25,26,29). The molecule has 1 aromatic carbocycles. The zero-order chi connectivity index (χ0) is 20.5. The topological polar surface area (TPSA) is 77.2 Å². The predicted octanol–water partition coefficient (Wildman–Crippen LogP) is 3.11. The molecule has 3 aromatic rings. The number of nitrogens with zero attached hydrogens (tertiary/aromatic N) is 4. The van der Waals surface area contributed by atoms with Crippen LogP contribution in [0.15, 0.2) is 24.5 Å². The fraction of sp³-hybridized carbons (Fsp3) is 0.381. The summed E-state index contributed by atoms with van der Waals surface area (Å²) in [6.45, 7) is 10.4. The first-order valence-corrected chi connectivity index (χ1v) is 9.86. The summed E-state index contributed by atoms with van der Waals surface area (Å²) >= 11 is 0. The lowest BCUT2D eigenvalue weighted by Gasteiger charge is -2.35. The molecule has 1 amide bonds. The second-order valence-electron chi connectivity index (χ2n) is 7.36. The summed E-state index contributed by atoms with van der Waals surface area (Å²) < 4.78 is 14.8. The molecule has 0 aliphatic carbocycles. The first-order valence-electron chi connectivity index (χ1n) is 9.86. The van der Waals surface area contributed by atoms with Gasteiger partial charge in [0, 0.05) is 37.4 Å². The van der Waals surface area contributed by atoms with Crippen molar-refractivity contribution in [1.29, 1.82) is 0 Å². The van der Waals surface area contributed by atoms with Gasteiger partial charge in [0.25, 0.3) is 5.91 Å². The van der Waals surface area contributed by atoms with Crippen LogP contribution in [0.2, 0.25) is 0 Å². The maximum atomic E-state index is 14.8. The minimum Gasteiger partial charge on any atom is -0.367 e. The molecule has 4 rings (SSSR count). The van der Waals surface area contributed by atoms with Crippen molar-refractivity contribution in [3.63, 3.8) is 0 Å². The first kappa shape index (κ1) is 19.3. The van der Waals surface area contributed by atoms with Crippen LogP contribution in [-0.4, -0.2) is 58.5 Å². The van der Waals surface area contributed by atoms with Crippen molar-refractivity contribution in [2.45, 2.75) is 20.8 Å². The van der Waals surface area contributed by atoms with Gasteiger partial charge in [0.05, 0.1) is 11.1 Å². The van der Waals surface area contributed by atoms with Crippen molar-refractivity contribution in [1.82, 2.24) is 19.9 Å². The Kier molecular flexibility index (Phi) is 5.19. The third-order valence-electron chi connectivity index (χ3n) is 5.69. The Labute approximate surface area is 168 Å². The molecule has 1 fully saturated rings. The number of likely N-dealkylation sites (N-methyl/N-ethyl adjacent to an activating group) is 1. The average Bonchev–Trinajstić information content (AvgIpc) is 3.02. The van der Waals surface area contributed by atoms with Gasteiger partial charge in [0.15, 0.2) is 0 Å². The Balaban J connectivity index is 1.54. The molecule has 29 heavy (non-hydrogen) atoms. The van der Waals surface area contributed by atoms with Gasteiger partial charge in [-0.25, -0.2) is 14.4 Å². The summed E-state index contributed by atoms with van der Waals surface area (Å²) in [4.78, 5) is 28.7. The molecule has 1 aliphatic heterocycles. The van der Waals surface area contributed by atoms with Crippen LogP contribution in [0.1, 0.15) is 28.5 Å². The maximum Gasteiger partial charge on any atom is 0.256 e. The van der Waals surface area contributed by atoms with Crippen LogP contribution in [0.25, 0.3) is 11.0 Å². The second kappa shape index (κ2) is 7.79. The van der Waals surface area contributed by atoms with Crippen LogP contribution in [0.5, 0.6) is 0 Å². The van der Waals surface area contributed by atoms with Gasteiger partial charge in [-0.3, -0.25) is 4.79 Å². The van der Waals surface area contributed by atoms with Crippen molar-refractivity contribution in [3.8, 4) is 0 Å². The number of hydrogen-bond donors (Lipinski definition) is 2. The Morgan fingerprint density at radius 1 is 1.21 bits per heavy atom. The van der Waals surface area contributed by atoms with E-state index in [9.17, 15) is 9.18 Å². The van der Waals surface area contributed by atoms with Crippen molar-refractivity contribution in [2.75, 3.05) is 42.9 Å². The van der Waals surface area contributed by atoms with Crippen molar-refractivity contribution in [2.24, 2.45) is 0 Å². The number of anilines is 2. The van der Waals surface area contributed by atoms with Gasteiger partial charge in [0.1, 0.15) is 23.6 Å². The van der Waals surface area contributed by atoms with Gasteiger partial charge in [-0.1, -0.05) is 6.92 Å². The highest BCUT2D eigenvalue weighted by atomic mass is 19.1. The number of halogens is 1. The van der Waals surface area contributed by atoms with Gasteiger partial charge in [-0.05, 0) is 44.2 Å². The van der Waals surface area contributed by atoms with Crippen LogP contribution in [0, 0.1) is 19.7 Å². The van der Waals surface area contributed by atoms with E-state index in [1.165, 1.54) is 12.4 Å². The van der Waals surface area contributed by atoms with Gasteiger partial charge in [-0.15, -0.1) is 0 Å². The minimum atomic E-state index is -0.399. The zero-order valence-corrected chi connectivity index (χ0v) is 16.9. The number of H-pyrrole nitrogens is 1. The molecule has 152 valence electrons. The SMILES string of the molecule is CCN1CCN(c2ccc(C(=O)Nc3ncnc4[nH]c(C)c(C)c34)cc2F)CC1. The minimum absolute atomic E-state index is 0.259. The Bertz CT molecular complexity index is 1050. The number of aromatic nitrogens is 3. The molecule has 7 nitrogen and oxygen atoms in total. The second-order valence-corrected chi connectivity index (χ2v) is 7.36. The molecule has 0 atom stereocenters. The summed E-state index contributed by atoms with van der Waals surface area (Å²) in [5.41, 5.74) is 3.41. The third kappa shape index (κ3) is 3.67. The van der Waals surface area contributed by atoms with E-state index in [1.807, 2.05) is 18.7 Å². The van der Waals surface area contributed by atoms with Crippen LogP contribution in [0.3, 0.4) is 0 Å². The van der Waals surface area contributed by atoms with Gasteiger partial charge in [0.2, 0.25) is 0 Å². The zero-order valence-electron chi connectivity index (χ0n) is 16.9. The smallest absolute Gasteiger partial charge is 0.256 e. The number of amides is 1. The average molecular weight is 396 g/mol. The molecule has 0 radical (unpaired) electrons. The van der Waals surface area contributed by atoms with Crippen LogP contribution in [0.4, 0.5) is 15.9 Å². The number of rotatable bonds is 4. The van der Waals surface area contributed by atoms with E-state index >= 15 is 0 Å². The predicted molar refractivity (Wildman–Crippen MR) is 112 cm³/mol. The van der Waals surface area contributed by atoms with E-state index in [2.05, 4.69) is 32.1 Å². The molecule has 0 spiro atoms. The van der Waals surface area contributed by atoms with E-state index in [1.54, 1.807) is 12.1 Å². The first-order chi connectivity index (χ1) is 14.0. The van der Waals surface area contributed by atoms with Crippen LogP contribution in [-0.2, 0) is 0 Å². The molecule has 2 aromatic heterocycles.